The summed E-state index contributed by atoms with van der Waals surface area (Å²) in [5.41, 5.74) is 12.4. The predicted octanol–water partition coefficient (Wildman–Crippen LogP) is 7.15. The Balaban J connectivity index is 1.71. The highest BCUT2D eigenvalue weighted by Crippen LogP contribution is 2.44. The number of nitrogens with zero attached hydrogens (tertiary/aromatic N) is 1. The summed E-state index contributed by atoms with van der Waals surface area (Å²) in [5.74, 6) is 0. The van der Waals surface area contributed by atoms with Crippen molar-refractivity contribution < 1.29 is 4.57 Å². The molecule has 0 N–H and O–H groups in total. The van der Waals surface area contributed by atoms with Gasteiger partial charge in [0.1, 0.15) is 0 Å². The molecule has 0 fully saturated rings. The molecule has 0 amide bonds. The van der Waals surface area contributed by atoms with Crippen molar-refractivity contribution in [1.82, 2.24) is 0 Å². The molecule has 1 aliphatic carbocycles. The van der Waals surface area contributed by atoms with Crippen molar-refractivity contribution in [2.75, 3.05) is 0 Å². The Morgan fingerprint density at radius 2 is 1.47 bits per heavy atom. The molecule has 1 aliphatic heterocycles. The molecule has 0 radical (unpaired) electrons. The number of allylic oxidation sites excluding steroid dienone is 1. The van der Waals surface area contributed by atoms with Crippen molar-refractivity contribution in [3.63, 3.8) is 0 Å². The lowest BCUT2D eigenvalue weighted by molar-refractivity contribution is -0.603. The highest BCUT2D eigenvalue weighted by molar-refractivity contribution is 5.85. The number of aromatic nitrogens is 1. The van der Waals surface area contributed by atoms with Gasteiger partial charge in [0.25, 0.3) is 0 Å². The van der Waals surface area contributed by atoms with Crippen molar-refractivity contribution in [3.05, 3.63) is 119 Å². The summed E-state index contributed by atoms with van der Waals surface area (Å²) >= 11 is 0. The fourth-order valence-corrected chi connectivity index (χ4v) is 5.65. The van der Waals surface area contributed by atoms with E-state index >= 15 is 0 Å². The van der Waals surface area contributed by atoms with Crippen LogP contribution < -0.4 is 4.57 Å². The zero-order chi connectivity index (χ0) is 21.7. The maximum absolute atomic E-state index is 2.57. The van der Waals surface area contributed by atoms with Crippen LogP contribution in [0.1, 0.15) is 54.8 Å². The van der Waals surface area contributed by atoms with Crippen molar-refractivity contribution in [2.45, 2.75) is 38.5 Å². The number of benzene rings is 3. The molecule has 1 heteroatoms. The Kier molecular flexibility index (Phi) is 4.40. The summed E-state index contributed by atoms with van der Waals surface area (Å²) in [7, 11) is 0. The topological polar surface area (TPSA) is 3.88 Å². The van der Waals surface area contributed by atoms with E-state index in [2.05, 4.69) is 115 Å². The maximum Gasteiger partial charge on any atom is 0.218 e. The molecule has 3 aromatic carbocycles. The molecule has 0 unspecified atom stereocenters. The molecule has 0 bridgehead atoms. The monoisotopic (exact) mass is 414 g/mol. The van der Waals surface area contributed by atoms with Crippen LogP contribution >= 0.6 is 0 Å². The second-order valence-electron chi connectivity index (χ2n) is 9.55. The van der Waals surface area contributed by atoms with Gasteiger partial charge in [-0.2, -0.15) is 4.57 Å². The number of hydrogen-bond acceptors (Lipinski definition) is 0. The fraction of sp³-hybridized carbons (Fsp3) is 0.194. The van der Waals surface area contributed by atoms with E-state index in [4.69, 9.17) is 0 Å². The van der Waals surface area contributed by atoms with Gasteiger partial charge in [0.2, 0.25) is 11.4 Å². The van der Waals surface area contributed by atoms with E-state index in [0.717, 1.165) is 12.8 Å². The Morgan fingerprint density at radius 3 is 2.25 bits per heavy atom. The number of para-hydroxylation sites is 1. The quantitative estimate of drug-likeness (QED) is 0.307. The molecular weight excluding hydrogens is 386 g/mol. The van der Waals surface area contributed by atoms with E-state index < -0.39 is 0 Å². The Hall–Kier alpha value is -3.45. The molecule has 0 saturated carbocycles. The number of pyridine rings is 1. The minimum atomic E-state index is -0.0372. The lowest BCUT2D eigenvalue weighted by Crippen LogP contribution is -2.41. The van der Waals surface area contributed by atoms with Gasteiger partial charge < -0.3 is 0 Å². The van der Waals surface area contributed by atoms with Crippen LogP contribution in [0, 0.1) is 0 Å². The molecule has 2 aliphatic rings. The van der Waals surface area contributed by atoms with Crippen LogP contribution in [0.2, 0.25) is 0 Å². The van der Waals surface area contributed by atoms with Gasteiger partial charge in [0, 0.05) is 28.8 Å². The molecule has 156 valence electrons. The standard InChI is InChI=1S/C31H28N/c1-31(2)27-18-9-10-19-28(27)32-29(31)21-26(23-14-7-4-8-15-23)25-17-11-16-24(30(25)32)20-22-12-5-3-6-13-22/h3-10,12-15,18-21H,11,16-17H2,1-2H3/q+1. The van der Waals surface area contributed by atoms with Gasteiger partial charge in [-0.15, -0.1) is 0 Å². The Labute approximate surface area is 190 Å². The summed E-state index contributed by atoms with van der Waals surface area (Å²) < 4.78 is 2.57. The average molecular weight is 415 g/mol. The molecule has 0 atom stereocenters. The first-order chi connectivity index (χ1) is 15.6. The number of fused-ring (bicyclic) bond motifs is 5. The van der Waals surface area contributed by atoms with Crippen molar-refractivity contribution >= 4 is 11.6 Å². The molecule has 1 aromatic heterocycles. The zero-order valence-corrected chi connectivity index (χ0v) is 18.8. The first kappa shape index (κ1) is 19.3. The largest absolute Gasteiger partial charge is 0.218 e. The van der Waals surface area contributed by atoms with E-state index in [1.807, 2.05) is 0 Å². The van der Waals surface area contributed by atoms with Crippen molar-refractivity contribution in [1.29, 1.82) is 0 Å². The van der Waals surface area contributed by atoms with Crippen LogP contribution in [0.4, 0.5) is 0 Å². The van der Waals surface area contributed by atoms with Gasteiger partial charge in [-0.3, -0.25) is 0 Å². The third-order valence-electron chi connectivity index (χ3n) is 7.22. The second kappa shape index (κ2) is 7.31. The van der Waals surface area contributed by atoms with Crippen LogP contribution in [0.3, 0.4) is 0 Å². The first-order valence-electron chi connectivity index (χ1n) is 11.7. The van der Waals surface area contributed by atoms with Gasteiger partial charge in [-0.05, 0) is 55.9 Å². The Morgan fingerprint density at radius 1 is 0.781 bits per heavy atom. The smallest absolute Gasteiger partial charge is 0.156 e. The minimum Gasteiger partial charge on any atom is -0.156 e. The fourth-order valence-electron chi connectivity index (χ4n) is 5.65. The first-order valence-corrected chi connectivity index (χ1v) is 11.7. The third-order valence-corrected chi connectivity index (χ3v) is 7.22. The third kappa shape index (κ3) is 2.88. The van der Waals surface area contributed by atoms with Gasteiger partial charge in [-0.1, -0.05) is 78.9 Å². The molecule has 2 heterocycles. The highest BCUT2D eigenvalue weighted by Gasteiger charge is 2.47. The molecule has 0 spiro atoms. The van der Waals surface area contributed by atoms with Gasteiger partial charge in [0.15, 0.2) is 5.69 Å². The second-order valence-corrected chi connectivity index (χ2v) is 9.55. The van der Waals surface area contributed by atoms with Crippen LogP contribution in [0.25, 0.3) is 28.5 Å². The zero-order valence-electron chi connectivity index (χ0n) is 18.8. The molecule has 4 aromatic rings. The average Bonchev–Trinajstić information content (AvgIpc) is 3.07. The maximum atomic E-state index is 2.57. The summed E-state index contributed by atoms with van der Waals surface area (Å²) in [5, 5.41) is 0. The highest BCUT2D eigenvalue weighted by atomic mass is 15.0. The number of rotatable bonds is 2. The van der Waals surface area contributed by atoms with Crippen LogP contribution in [0.5, 0.6) is 0 Å². The molecule has 1 nitrogen and oxygen atoms in total. The summed E-state index contributed by atoms with van der Waals surface area (Å²) in [4.78, 5) is 0. The van der Waals surface area contributed by atoms with Gasteiger partial charge >= 0.3 is 0 Å². The predicted molar refractivity (Wildman–Crippen MR) is 133 cm³/mol. The van der Waals surface area contributed by atoms with E-state index in [0.29, 0.717) is 0 Å². The van der Waals surface area contributed by atoms with Gasteiger partial charge in [0.05, 0.1) is 5.41 Å². The SMILES string of the molecule is CC1(C)c2ccccc2-[n+]2c1cc(-c1ccccc1)c1c2C(=Cc2ccccc2)CCC1. The molecule has 0 saturated heterocycles. The lowest BCUT2D eigenvalue weighted by Gasteiger charge is -2.22. The van der Waals surface area contributed by atoms with Gasteiger partial charge in [-0.25, -0.2) is 0 Å². The molecule has 32 heavy (non-hydrogen) atoms. The van der Waals surface area contributed by atoms with Crippen LogP contribution in [-0.4, -0.2) is 0 Å². The normalized spacial score (nSPS) is 17.0. The summed E-state index contributed by atoms with van der Waals surface area (Å²) in [6.45, 7) is 4.74. The minimum absolute atomic E-state index is 0.0372. The van der Waals surface area contributed by atoms with E-state index in [1.54, 1.807) is 0 Å². The van der Waals surface area contributed by atoms with Crippen LogP contribution in [0.15, 0.2) is 91.0 Å². The van der Waals surface area contributed by atoms with Crippen LogP contribution in [-0.2, 0) is 11.8 Å². The van der Waals surface area contributed by atoms with E-state index in [-0.39, 0.29) is 5.41 Å². The lowest BCUT2D eigenvalue weighted by atomic mass is 9.80. The van der Waals surface area contributed by atoms with E-state index in [1.165, 1.54) is 56.9 Å². The Bertz CT molecular complexity index is 1340. The molecular formula is C31H28N+. The number of hydrogen-bond donors (Lipinski definition) is 0. The summed E-state index contributed by atoms with van der Waals surface area (Å²) in [6, 6.07) is 33.2. The van der Waals surface area contributed by atoms with E-state index in [9.17, 15) is 0 Å². The van der Waals surface area contributed by atoms with Crippen molar-refractivity contribution in [2.24, 2.45) is 0 Å². The van der Waals surface area contributed by atoms with Crippen molar-refractivity contribution in [3.8, 4) is 16.8 Å². The molecule has 6 rings (SSSR count). The summed E-state index contributed by atoms with van der Waals surface area (Å²) in [6.07, 6.45) is 5.83.